The molecule has 0 spiro atoms. The molecule has 0 saturated heterocycles. The summed E-state index contributed by atoms with van der Waals surface area (Å²) in [6.07, 6.45) is 0. The lowest BCUT2D eigenvalue weighted by Gasteiger charge is -2.31. The first-order valence-electron chi connectivity index (χ1n) is 15.8. The Morgan fingerprint density at radius 3 is 0.875 bits per heavy atom. The van der Waals surface area contributed by atoms with Crippen LogP contribution in [0.3, 0.4) is 0 Å². The molecule has 40 heavy (non-hydrogen) atoms. The third kappa shape index (κ3) is 6.89. The Morgan fingerprint density at radius 1 is 0.375 bits per heavy atom. The van der Waals surface area contributed by atoms with Gasteiger partial charge in [-0.25, -0.2) is 0 Å². The highest BCUT2D eigenvalue weighted by atomic mass is 28.3. The Morgan fingerprint density at radius 2 is 0.625 bits per heavy atom. The maximum Gasteiger partial charge on any atom is 0.137 e. The Bertz CT molecular complexity index is 1110. The third-order valence-electron chi connectivity index (χ3n) is 10.6. The molecule has 214 valence electrons. The van der Waals surface area contributed by atoms with Crippen LogP contribution in [0.4, 0.5) is 0 Å². The minimum atomic E-state index is -2.03. The van der Waals surface area contributed by atoms with Crippen molar-refractivity contribution in [2.45, 2.75) is 90.9 Å². The van der Waals surface area contributed by atoms with Crippen molar-refractivity contribution in [2.75, 3.05) is 0 Å². The van der Waals surface area contributed by atoms with E-state index >= 15 is 0 Å². The standard InChI is InChI=1S/C36H54Si4/c1-9-39(10-2,11-3)31-29-37(7,33-21-17-15-18-22-33)35-25-27-36(28-26-35)38(8,34-23-19-16-20-24-34)30-32-40(12-4,13-5)14-6/h15-32H,9-14H2,1-8H3. The van der Waals surface area contributed by atoms with Crippen molar-refractivity contribution < 1.29 is 0 Å². The highest BCUT2D eigenvalue weighted by Gasteiger charge is 2.34. The Hall–Kier alpha value is -1.99. The smallest absolute Gasteiger partial charge is 0.101 e. The summed E-state index contributed by atoms with van der Waals surface area (Å²) in [4.78, 5) is 0. The van der Waals surface area contributed by atoms with E-state index in [1.165, 1.54) is 57.0 Å². The van der Waals surface area contributed by atoms with Crippen LogP contribution in [0.2, 0.25) is 49.4 Å². The molecule has 0 amide bonds. The van der Waals surface area contributed by atoms with Crippen LogP contribution in [0.15, 0.2) is 108 Å². The van der Waals surface area contributed by atoms with Gasteiger partial charge >= 0.3 is 0 Å². The average Bonchev–Trinajstić information content (AvgIpc) is 3.03. The lowest BCUT2D eigenvalue weighted by Crippen LogP contribution is -2.57. The van der Waals surface area contributed by atoms with Gasteiger partial charge in [-0.3, -0.25) is 0 Å². The van der Waals surface area contributed by atoms with Crippen LogP contribution < -0.4 is 20.7 Å². The van der Waals surface area contributed by atoms with Gasteiger partial charge < -0.3 is 0 Å². The van der Waals surface area contributed by atoms with Gasteiger partial charge in [0.05, 0.1) is 16.1 Å². The molecule has 0 bridgehead atoms. The van der Waals surface area contributed by atoms with Crippen LogP contribution in [0.25, 0.3) is 0 Å². The minimum absolute atomic E-state index is 1.33. The topological polar surface area (TPSA) is 0 Å². The molecule has 3 rings (SSSR count). The van der Waals surface area contributed by atoms with Crippen LogP contribution in [0.1, 0.15) is 41.5 Å². The van der Waals surface area contributed by atoms with Gasteiger partial charge in [-0.1, -0.05) is 208 Å². The van der Waals surface area contributed by atoms with E-state index in [2.05, 4.69) is 162 Å². The number of hydrogen-bond donors (Lipinski definition) is 0. The first kappa shape index (κ1) is 32.5. The zero-order chi connectivity index (χ0) is 29.3. The minimum Gasteiger partial charge on any atom is -0.101 e. The highest BCUT2D eigenvalue weighted by molar-refractivity contribution is 7.07. The van der Waals surface area contributed by atoms with Crippen molar-refractivity contribution in [3.63, 3.8) is 0 Å². The Labute approximate surface area is 250 Å². The van der Waals surface area contributed by atoms with Gasteiger partial charge in [0.25, 0.3) is 0 Å². The van der Waals surface area contributed by atoms with Crippen molar-refractivity contribution in [3.05, 3.63) is 108 Å². The molecule has 2 atom stereocenters. The summed E-state index contributed by atoms with van der Waals surface area (Å²) in [5, 5.41) is 6.07. The molecule has 2 unspecified atom stereocenters. The molecular formula is C36H54Si4. The lowest BCUT2D eigenvalue weighted by atomic mass is 10.3. The second-order valence-corrected chi connectivity index (χ2v) is 30.4. The summed E-state index contributed by atoms with van der Waals surface area (Å²) >= 11 is 0. The van der Waals surface area contributed by atoms with E-state index in [0.29, 0.717) is 0 Å². The molecule has 0 aliphatic heterocycles. The van der Waals surface area contributed by atoms with Crippen LogP contribution >= 0.6 is 0 Å². The van der Waals surface area contributed by atoms with Crippen molar-refractivity contribution in [1.82, 2.24) is 0 Å². The SMILES string of the molecule is CC[Si](C=C[Si](C)(c1ccccc1)c1ccc([Si](C)(C=C[Si](CC)(CC)CC)c2ccccc2)cc1)(CC)CC. The molecule has 0 heterocycles. The predicted octanol–water partition coefficient (Wildman–Crippen LogP) is 8.36. The predicted molar refractivity (Wildman–Crippen MR) is 194 cm³/mol. The molecule has 0 fully saturated rings. The molecule has 0 aliphatic rings. The van der Waals surface area contributed by atoms with Gasteiger partial charge in [0.1, 0.15) is 16.1 Å². The largest absolute Gasteiger partial charge is 0.137 e. The fourth-order valence-corrected chi connectivity index (χ4v) is 21.2. The van der Waals surface area contributed by atoms with E-state index in [9.17, 15) is 0 Å². The zero-order valence-electron chi connectivity index (χ0n) is 26.6. The molecule has 0 saturated carbocycles. The summed E-state index contributed by atoms with van der Waals surface area (Å²) in [7, 11) is -6.78. The molecule has 0 aromatic heterocycles. The Kier molecular flexibility index (Phi) is 11.6. The van der Waals surface area contributed by atoms with E-state index in [1.807, 2.05) is 0 Å². The summed E-state index contributed by atoms with van der Waals surface area (Å²) in [6.45, 7) is 19.6. The summed E-state index contributed by atoms with van der Waals surface area (Å²) in [6, 6.07) is 40.7. The van der Waals surface area contributed by atoms with Crippen LogP contribution in [-0.2, 0) is 0 Å². The van der Waals surface area contributed by atoms with Crippen LogP contribution in [0.5, 0.6) is 0 Å². The van der Waals surface area contributed by atoms with Crippen molar-refractivity contribution in [2.24, 2.45) is 0 Å². The molecule has 0 nitrogen and oxygen atoms in total. The monoisotopic (exact) mass is 598 g/mol. The van der Waals surface area contributed by atoms with E-state index in [1.54, 1.807) is 0 Å². The van der Waals surface area contributed by atoms with Gasteiger partial charge in [0, 0.05) is 0 Å². The van der Waals surface area contributed by atoms with Crippen LogP contribution in [-0.4, -0.2) is 32.3 Å². The van der Waals surface area contributed by atoms with Crippen molar-refractivity contribution >= 4 is 53.0 Å². The molecule has 3 aromatic rings. The van der Waals surface area contributed by atoms with Gasteiger partial charge in [-0.15, -0.1) is 11.4 Å². The number of rotatable bonds is 14. The fourth-order valence-electron chi connectivity index (χ4n) is 6.34. The number of hydrogen-bond acceptors (Lipinski definition) is 0. The van der Waals surface area contributed by atoms with Gasteiger partial charge in [0.15, 0.2) is 0 Å². The second kappa shape index (κ2) is 14.3. The van der Waals surface area contributed by atoms with Crippen molar-refractivity contribution in [3.8, 4) is 0 Å². The average molecular weight is 599 g/mol. The molecule has 0 N–H and O–H groups in total. The first-order valence-corrected chi connectivity index (χ1v) is 26.4. The molecular weight excluding hydrogens is 545 g/mol. The van der Waals surface area contributed by atoms with E-state index in [-0.39, 0.29) is 0 Å². The van der Waals surface area contributed by atoms with E-state index < -0.39 is 32.3 Å². The Balaban J connectivity index is 2.14. The maximum atomic E-state index is 2.73. The van der Waals surface area contributed by atoms with Gasteiger partial charge in [0.2, 0.25) is 0 Å². The highest BCUT2D eigenvalue weighted by Crippen LogP contribution is 2.24. The quantitative estimate of drug-likeness (QED) is 0.164. The van der Waals surface area contributed by atoms with Crippen LogP contribution in [0, 0.1) is 0 Å². The number of benzene rings is 3. The third-order valence-corrected chi connectivity index (χ3v) is 29.3. The summed E-state index contributed by atoms with van der Waals surface area (Å²) in [5.74, 6) is 0. The molecule has 3 aromatic carbocycles. The van der Waals surface area contributed by atoms with E-state index in [4.69, 9.17) is 0 Å². The summed E-state index contributed by atoms with van der Waals surface area (Å²) < 4.78 is 0. The molecule has 0 radical (unpaired) electrons. The second-order valence-electron chi connectivity index (χ2n) is 12.2. The molecule has 0 aliphatic carbocycles. The first-order chi connectivity index (χ1) is 19.2. The van der Waals surface area contributed by atoms with Crippen molar-refractivity contribution in [1.29, 1.82) is 0 Å². The lowest BCUT2D eigenvalue weighted by molar-refractivity contribution is 1.19. The van der Waals surface area contributed by atoms with Gasteiger partial charge in [-0.2, -0.15) is 0 Å². The zero-order valence-corrected chi connectivity index (χ0v) is 30.6. The molecule has 4 heteroatoms. The van der Waals surface area contributed by atoms with Gasteiger partial charge in [-0.05, 0) is 0 Å². The normalized spacial score (nSPS) is 15.8. The summed E-state index contributed by atoms with van der Waals surface area (Å²) in [5.41, 5.74) is 10.9. The van der Waals surface area contributed by atoms with E-state index in [0.717, 1.165) is 0 Å². The fraction of sp³-hybridized carbons (Fsp3) is 0.389. The maximum absolute atomic E-state index is 2.73.